The smallest absolute Gasteiger partial charge is 0.220 e. The van der Waals surface area contributed by atoms with Gasteiger partial charge in [0.2, 0.25) is 5.91 Å². The summed E-state index contributed by atoms with van der Waals surface area (Å²) in [6.45, 7) is 10.5. The first-order valence-corrected chi connectivity index (χ1v) is 6.41. The van der Waals surface area contributed by atoms with Crippen molar-refractivity contribution in [1.82, 2.24) is 5.32 Å². The SMILES string of the molecule is CCC(/C=C/CC(C)C)CC(=O)NC(C)C. The lowest BCUT2D eigenvalue weighted by Gasteiger charge is -2.12. The van der Waals surface area contributed by atoms with Crippen molar-refractivity contribution in [3.8, 4) is 0 Å². The molecule has 0 aromatic heterocycles. The van der Waals surface area contributed by atoms with Gasteiger partial charge in [-0.05, 0) is 38.5 Å². The van der Waals surface area contributed by atoms with Crippen molar-refractivity contribution in [3.05, 3.63) is 12.2 Å². The van der Waals surface area contributed by atoms with E-state index in [9.17, 15) is 4.79 Å². The Morgan fingerprint density at radius 3 is 2.31 bits per heavy atom. The third-order valence-electron chi connectivity index (χ3n) is 2.44. The molecule has 94 valence electrons. The van der Waals surface area contributed by atoms with E-state index in [4.69, 9.17) is 0 Å². The average molecular weight is 225 g/mol. The van der Waals surface area contributed by atoms with E-state index in [0.717, 1.165) is 12.8 Å². The molecule has 0 aliphatic rings. The van der Waals surface area contributed by atoms with Gasteiger partial charge in [0.15, 0.2) is 0 Å². The Hall–Kier alpha value is -0.790. The van der Waals surface area contributed by atoms with Crippen LogP contribution in [0.3, 0.4) is 0 Å². The van der Waals surface area contributed by atoms with Crippen molar-refractivity contribution in [2.24, 2.45) is 11.8 Å². The highest BCUT2D eigenvalue weighted by atomic mass is 16.1. The number of hydrogen-bond acceptors (Lipinski definition) is 1. The Balaban J connectivity index is 3.99. The molecule has 0 bridgehead atoms. The first-order chi connectivity index (χ1) is 7.45. The average Bonchev–Trinajstić information content (AvgIpc) is 2.14. The number of allylic oxidation sites excluding steroid dienone is 2. The van der Waals surface area contributed by atoms with E-state index in [0.29, 0.717) is 18.3 Å². The highest BCUT2D eigenvalue weighted by molar-refractivity contribution is 5.76. The maximum Gasteiger partial charge on any atom is 0.220 e. The Kier molecular flexibility index (Phi) is 7.96. The fourth-order valence-electron chi connectivity index (χ4n) is 1.51. The van der Waals surface area contributed by atoms with Crippen molar-refractivity contribution < 1.29 is 4.79 Å². The molecule has 0 aliphatic carbocycles. The lowest BCUT2D eigenvalue weighted by atomic mass is 9.99. The van der Waals surface area contributed by atoms with Crippen LogP contribution in [0.25, 0.3) is 0 Å². The summed E-state index contributed by atoms with van der Waals surface area (Å²) >= 11 is 0. The first-order valence-electron chi connectivity index (χ1n) is 6.41. The van der Waals surface area contributed by atoms with Crippen LogP contribution in [0.1, 0.15) is 53.9 Å². The third kappa shape index (κ3) is 8.51. The molecule has 16 heavy (non-hydrogen) atoms. The summed E-state index contributed by atoms with van der Waals surface area (Å²) in [6.07, 6.45) is 7.15. The quantitative estimate of drug-likeness (QED) is 0.660. The van der Waals surface area contributed by atoms with E-state index in [2.05, 4.69) is 38.2 Å². The molecule has 1 atom stereocenters. The molecule has 0 fully saturated rings. The van der Waals surface area contributed by atoms with Crippen LogP contribution in [0.15, 0.2) is 12.2 Å². The summed E-state index contributed by atoms with van der Waals surface area (Å²) in [5, 5.41) is 2.93. The van der Waals surface area contributed by atoms with E-state index < -0.39 is 0 Å². The molecule has 1 unspecified atom stereocenters. The zero-order chi connectivity index (χ0) is 12.6. The topological polar surface area (TPSA) is 29.1 Å². The number of carbonyl (C=O) groups is 1. The van der Waals surface area contributed by atoms with Crippen molar-refractivity contribution in [2.45, 2.75) is 59.9 Å². The minimum atomic E-state index is 0.163. The van der Waals surface area contributed by atoms with E-state index in [1.165, 1.54) is 0 Å². The molecule has 0 aromatic carbocycles. The first kappa shape index (κ1) is 15.2. The molecule has 0 rings (SSSR count). The van der Waals surface area contributed by atoms with Gasteiger partial charge < -0.3 is 5.32 Å². The lowest BCUT2D eigenvalue weighted by molar-refractivity contribution is -0.122. The summed E-state index contributed by atoms with van der Waals surface area (Å²) in [6, 6.07) is 0.240. The minimum absolute atomic E-state index is 0.163. The standard InChI is InChI=1S/C14H27NO/c1-6-13(9-7-8-11(2)3)10-14(16)15-12(4)5/h7,9,11-13H,6,8,10H2,1-5H3,(H,15,16)/b9-7+. The zero-order valence-corrected chi connectivity index (χ0v) is 11.4. The second-order valence-electron chi connectivity index (χ2n) is 5.15. The molecule has 2 nitrogen and oxygen atoms in total. The van der Waals surface area contributed by atoms with E-state index in [1.807, 2.05) is 13.8 Å². The molecule has 0 aromatic rings. The molecule has 0 heterocycles. The molecule has 0 aliphatic heterocycles. The minimum Gasteiger partial charge on any atom is -0.354 e. The monoisotopic (exact) mass is 225 g/mol. The molecule has 0 saturated carbocycles. The second-order valence-corrected chi connectivity index (χ2v) is 5.15. The van der Waals surface area contributed by atoms with Crippen LogP contribution in [0.4, 0.5) is 0 Å². The number of hydrogen-bond donors (Lipinski definition) is 1. The molecule has 2 heteroatoms. The van der Waals surface area contributed by atoms with Crippen LogP contribution in [0, 0.1) is 11.8 Å². The molecular formula is C14H27NO. The Morgan fingerprint density at radius 1 is 1.25 bits per heavy atom. The largest absolute Gasteiger partial charge is 0.354 e. The number of carbonyl (C=O) groups excluding carboxylic acids is 1. The third-order valence-corrected chi connectivity index (χ3v) is 2.44. The van der Waals surface area contributed by atoms with Crippen LogP contribution in [0.2, 0.25) is 0 Å². The zero-order valence-electron chi connectivity index (χ0n) is 11.4. The number of amides is 1. The Bertz CT molecular complexity index is 219. The van der Waals surface area contributed by atoms with Crippen molar-refractivity contribution in [1.29, 1.82) is 0 Å². The van der Waals surface area contributed by atoms with Gasteiger partial charge in [0.05, 0.1) is 0 Å². The molecule has 0 radical (unpaired) electrons. The number of nitrogens with one attached hydrogen (secondary N) is 1. The van der Waals surface area contributed by atoms with Crippen LogP contribution < -0.4 is 5.32 Å². The van der Waals surface area contributed by atoms with Crippen LogP contribution in [0.5, 0.6) is 0 Å². The lowest BCUT2D eigenvalue weighted by Crippen LogP contribution is -2.31. The maximum absolute atomic E-state index is 11.6. The molecule has 0 saturated heterocycles. The summed E-state index contributed by atoms with van der Waals surface area (Å²) in [4.78, 5) is 11.6. The van der Waals surface area contributed by atoms with Gasteiger partial charge in [-0.2, -0.15) is 0 Å². The predicted molar refractivity (Wildman–Crippen MR) is 70.3 cm³/mol. The van der Waals surface area contributed by atoms with E-state index in [1.54, 1.807) is 0 Å². The molecular weight excluding hydrogens is 198 g/mol. The molecule has 0 spiro atoms. The van der Waals surface area contributed by atoms with E-state index >= 15 is 0 Å². The summed E-state index contributed by atoms with van der Waals surface area (Å²) < 4.78 is 0. The highest BCUT2D eigenvalue weighted by Gasteiger charge is 2.09. The van der Waals surface area contributed by atoms with Gasteiger partial charge in [-0.1, -0.05) is 32.9 Å². The van der Waals surface area contributed by atoms with Crippen LogP contribution in [-0.4, -0.2) is 11.9 Å². The van der Waals surface area contributed by atoms with Gasteiger partial charge in [0.1, 0.15) is 0 Å². The second kappa shape index (κ2) is 8.37. The normalized spacial score (nSPS) is 13.7. The number of rotatable bonds is 7. The van der Waals surface area contributed by atoms with Crippen LogP contribution >= 0.6 is 0 Å². The summed E-state index contributed by atoms with van der Waals surface area (Å²) in [5.74, 6) is 1.24. The Morgan fingerprint density at radius 2 is 1.88 bits per heavy atom. The van der Waals surface area contributed by atoms with Gasteiger partial charge in [-0.3, -0.25) is 4.79 Å². The van der Waals surface area contributed by atoms with Gasteiger partial charge in [-0.15, -0.1) is 0 Å². The highest BCUT2D eigenvalue weighted by Crippen LogP contribution is 2.12. The van der Waals surface area contributed by atoms with Crippen molar-refractivity contribution >= 4 is 5.91 Å². The molecule has 1 amide bonds. The Labute approximate surface area is 101 Å². The molecule has 1 N–H and O–H groups in total. The van der Waals surface area contributed by atoms with Crippen molar-refractivity contribution in [2.75, 3.05) is 0 Å². The predicted octanol–water partition coefficient (Wildman–Crippen LogP) is 3.53. The fraction of sp³-hybridized carbons (Fsp3) is 0.786. The van der Waals surface area contributed by atoms with Gasteiger partial charge in [0, 0.05) is 12.5 Å². The van der Waals surface area contributed by atoms with Crippen LogP contribution in [-0.2, 0) is 4.79 Å². The summed E-state index contributed by atoms with van der Waals surface area (Å²) in [7, 11) is 0. The maximum atomic E-state index is 11.6. The van der Waals surface area contributed by atoms with Crippen molar-refractivity contribution in [3.63, 3.8) is 0 Å². The van der Waals surface area contributed by atoms with E-state index in [-0.39, 0.29) is 11.9 Å². The van der Waals surface area contributed by atoms with Gasteiger partial charge in [0.25, 0.3) is 0 Å². The van der Waals surface area contributed by atoms with Gasteiger partial charge >= 0.3 is 0 Å². The van der Waals surface area contributed by atoms with Gasteiger partial charge in [-0.25, -0.2) is 0 Å². The fourth-order valence-corrected chi connectivity index (χ4v) is 1.51. The summed E-state index contributed by atoms with van der Waals surface area (Å²) in [5.41, 5.74) is 0.